The predicted molar refractivity (Wildman–Crippen MR) is 109 cm³/mol. The molecule has 2 aliphatic heterocycles. The molecule has 0 amide bonds. The molecule has 1 aliphatic carbocycles. The minimum absolute atomic E-state index is 0.0256. The maximum Gasteiger partial charge on any atom is 0.256 e. The van der Waals surface area contributed by atoms with Crippen LogP contribution in [0.5, 0.6) is 0 Å². The zero-order chi connectivity index (χ0) is 20.5. The van der Waals surface area contributed by atoms with E-state index in [-0.39, 0.29) is 6.42 Å². The standard InChI is InChI=1S/C21H21F2N7/c1-29-9-14-2-3-16(26-15(14)10-29)27-19-25-8-13-4-6-24-18(17(13)28-19)30-7-5-20(12-30)11-21(20,22)23/h2-4,6,8H,5,7,9-12H2,1H3,(H,25,26,27,28). The summed E-state index contributed by atoms with van der Waals surface area (Å²) >= 11 is 0. The summed E-state index contributed by atoms with van der Waals surface area (Å²) in [4.78, 5) is 22.4. The number of nitrogens with one attached hydrogen (secondary N) is 1. The van der Waals surface area contributed by atoms with Gasteiger partial charge in [0.25, 0.3) is 5.92 Å². The molecule has 7 nitrogen and oxygen atoms in total. The molecule has 1 N–H and O–H groups in total. The Kier molecular flexibility index (Phi) is 3.60. The average Bonchev–Trinajstić information content (AvgIpc) is 3.04. The first-order chi connectivity index (χ1) is 14.4. The van der Waals surface area contributed by atoms with Crippen LogP contribution in [0.1, 0.15) is 24.1 Å². The number of nitrogens with zero attached hydrogens (tertiary/aromatic N) is 6. The fraction of sp³-hybridized carbons (Fsp3) is 0.429. The smallest absolute Gasteiger partial charge is 0.256 e. The summed E-state index contributed by atoms with van der Waals surface area (Å²) in [5.41, 5.74) is 2.07. The number of hydrogen-bond donors (Lipinski definition) is 1. The number of alkyl halides is 2. The number of pyridine rings is 2. The minimum Gasteiger partial charge on any atom is -0.354 e. The van der Waals surface area contributed by atoms with Crippen LogP contribution < -0.4 is 10.2 Å². The van der Waals surface area contributed by atoms with E-state index in [1.54, 1.807) is 12.4 Å². The first kappa shape index (κ1) is 17.9. The van der Waals surface area contributed by atoms with Gasteiger partial charge in [0.2, 0.25) is 5.95 Å². The summed E-state index contributed by atoms with van der Waals surface area (Å²) in [5, 5.41) is 4.01. The molecule has 154 valence electrons. The monoisotopic (exact) mass is 409 g/mol. The highest BCUT2D eigenvalue weighted by Crippen LogP contribution is 2.65. The van der Waals surface area contributed by atoms with E-state index in [0.29, 0.717) is 42.6 Å². The van der Waals surface area contributed by atoms with Crippen LogP contribution >= 0.6 is 0 Å². The lowest BCUT2D eigenvalue weighted by Crippen LogP contribution is -2.23. The van der Waals surface area contributed by atoms with Crippen molar-refractivity contribution in [3.63, 3.8) is 0 Å². The maximum atomic E-state index is 13.8. The molecule has 0 bridgehead atoms. The number of anilines is 3. The number of aromatic nitrogens is 4. The van der Waals surface area contributed by atoms with Gasteiger partial charge in [0.15, 0.2) is 5.82 Å². The van der Waals surface area contributed by atoms with E-state index < -0.39 is 11.3 Å². The first-order valence-corrected chi connectivity index (χ1v) is 10.1. The second-order valence-corrected chi connectivity index (χ2v) is 8.70. The Labute approximate surface area is 172 Å². The Morgan fingerprint density at radius 2 is 1.97 bits per heavy atom. The molecule has 1 saturated heterocycles. The van der Waals surface area contributed by atoms with Crippen molar-refractivity contribution in [2.75, 3.05) is 30.4 Å². The van der Waals surface area contributed by atoms with Crippen LogP contribution in [0.25, 0.3) is 10.9 Å². The Bertz CT molecular complexity index is 1170. The van der Waals surface area contributed by atoms with E-state index in [0.717, 1.165) is 24.2 Å². The number of fused-ring (bicyclic) bond motifs is 2. The molecule has 30 heavy (non-hydrogen) atoms. The zero-order valence-corrected chi connectivity index (χ0v) is 16.6. The topological polar surface area (TPSA) is 70.1 Å². The molecule has 1 saturated carbocycles. The molecule has 3 aliphatic rings. The number of rotatable bonds is 3. The second kappa shape index (κ2) is 6.04. The second-order valence-electron chi connectivity index (χ2n) is 8.70. The van der Waals surface area contributed by atoms with Crippen molar-refractivity contribution in [1.82, 2.24) is 24.8 Å². The first-order valence-electron chi connectivity index (χ1n) is 10.1. The molecule has 3 aromatic rings. The highest BCUT2D eigenvalue weighted by molar-refractivity contribution is 5.89. The molecule has 9 heteroatoms. The number of hydrogen-bond acceptors (Lipinski definition) is 7. The summed E-state index contributed by atoms with van der Waals surface area (Å²) in [6.45, 7) is 2.60. The SMILES string of the molecule is CN1Cc2ccc(Nc3ncc4ccnc(N5CCC6(C5)CC6(F)F)c4n3)nc2C1. The van der Waals surface area contributed by atoms with E-state index in [4.69, 9.17) is 0 Å². The van der Waals surface area contributed by atoms with E-state index in [9.17, 15) is 8.78 Å². The van der Waals surface area contributed by atoms with Gasteiger partial charge in [-0.15, -0.1) is 0 Å². The molecule has 2 fully saturated rings. The Morgan fingerprint density at radius 1 is 1.10 bits per heavy atom. The van der Waals surface area contributed by atoms with E-state index in [2.05, 4.69) is 43.3 Å². The fourth-order valence-corrected chi connectivity index (χ4v) is 4.71. The van der Waals surface area contributed by atoms with Gasteiger partial charge in [-0.25, -0.2) is 28.7 Å². The van der Waals surface area contributed by atoms with Crippen LogP contribution in [0.2, 0.25) is 0 Å². The van der Waals surface area contributed by atoms with Crippen molar-refractivity contribution < 1.29 is 8.78 Å². The van der Waals surface area contributed by atoms with Crippen molar-refractivity contribution >= 4 is 28.5 Å². The van der Waals surface area contributed by atoms with Crippen LogP contribution in [-0.4, -0.2) is 50.9 Å². The Balaban J connectivity index is 1.31. The van der Waals surface area contributed by atoms with Crippen LogP contribution in [0.15, 0.2) is 30.6 Å². The van der Waals surface area contributed by atoms with Crippen molar-refractivity contribution in [1.29, 1.82) is 0 Å². The average molecular weight is 409 g/mol. The predicted octanol–water partition coefficient (Wildman–Crippen LogP) is 3.34. The molecule has 1 atom stereocenters. The number of halogens is 2. The van der Waals surface area contributed by atoms with Gasteiger partial charge in [-0.05, 0) is 31.2 Å². The molecular weight excluding hydrogens is 388 g/mol. The van der Waals surface area contributed by atoms with Gasteiger partial charge in [0.05, 0.1) is 11.1 Å². The lowest BCUT2D eigenvalue weighted by atomic mass is 10.1. The minimum atomic E-state index is -2.55. The van der Waals surface area contributed by atoms with Crippen LogP contribution in [0, 0.1) is 5.41 Å². The third-order valence-corrected chi connectivity index (χ3v) is 6.51. The van der Waals surface area contributed by atoms with Crippen LogP contribution in [0.4, 0.5) is 26.4 Å². The third-order valence-electron chi connectivity index (χ3n) is 6.51. The van der Waals surface area contributed by atoms with E-state index in [1.165, 1.54) is 5.56 Å². The Morgan fingerprint density at radius 3 is 2.77 bits per heavy atom. The maximum absolute atomic E-state index is 13.8. The van der Waals surface area contributed by atoms with Crippen molar-refractivity contribution in [2.45, 2.75) is 31.9 Å². The molecule has 3 aromatic heterocycles. The fourth-order valence-electron chi connectivity index (χ4n) is 4.71. The van der Waals surface area contributed by atoms with Gasteiger partial charge < -0.3 is 10.2 Å². The molecule has 0 aromatic carbocycles. The molecular formula is C21H21F2N7. The Hall–Kier alpha value is -2.94. The molecule has 0 radical (unpaired) electrons. The van der Waals surface area contributed by atoms with Gasteiger partial charge in [-0.1, -0.05) is 6.07 Å². The summed E-state index contributed by atoms with van der Waals surface area (Å²) in [5.74, 6) is -0.810. The summed E-state index contributed by atoms with van der Waals surface area (Å²) in [7, 11) is 2.07. The van der Waals surface area contributed by atoms with Crippen molar-refractivity contribution in [3.8, 4) is 0 Å². The third kappa shape index (κ3) is 2.72. The van der Waals surface area contributed by atoms with Gasteiger partial charge in [0.1, 0.15) is 11.3 Å². The van der Waals surface area contributed by atoms with E-state index >= 15 is 0 Å². The van der Waals surface area contributed by atoms with Gasteiger partial charge in [-0.2, -0.15) is 0 Å². The highest BCUT2D eigenvalue weighted by atomic mass is 19.3. The van der Waals surface area contributed by atoms with Crippen LogP contribution in [-0.2, 0) is 13.1 Å². The zero-order valence-electron chi connectivity index (χ0n) is 16.6. The van der Waals surface area contributed by atoms with Gasteiger partial charge in [-0.3, -0.25) is 4.90 Å². The summed E-state index contributed by atoms with van der Waals surface area (Å²) in [6.07, 6.45) is 3.88. The molecule has 1 unspecified atom stereocenters. The normalized spacial score (nSPS) is 24.6. The van der Waals surface area contributed by atoms with Gasteiger partial charge >= 0.3 is 0 Å². The molecule has 1 spiro atoms. The van der Waals surface area contributed by atoms with Crippen molar-refractivity contribution in [2.24, 2.45) is 5.41 Å². The summed E-state index contributed by atoms with van der Waals surface area (Å²) < 4.78 is 27.7. The van der Waals surface area contributed by atoms with E-state index in [1.807, 2.05) is 17.0 Å². The largest absolute Gasteiger partial charge is 0.354 e. The molecule has 5 heterocycles. The lowest BCUT2D eigenvalue weighted by Gasteiger charge is -2.19. The quantitative estimate of drug-likeness (QED) is 0.711. The van der Waals surface area contributed by atoms with Crippen molar-refractivity contribution in [3.05, 3.63) is 41.9 Å². The van der Waals surface area contributed by atoms with Crippen LogP contribution in [0.3, 0.4) is 0 Å². The summed E-state index contributed by atoms with van der Waals surface area (Å²) in [6, 6.07) is 5.83. The highest BCUT2D eigenvalue weighted by Gasteiger charge is 2.72. The molecule has 6 rings (SSSR count). The lowest BCUT2D eigenvalue weighted by molar-refractivity contribution is 0.0711. The van der Waals surface area contributed by atoms with Gasteiger partial charge in [0, 0.05) is 50.4 Å².